The van der Waals surface area contributed by atoms with Crippen LogP contribution in [0, 0.1) is 0 Å². The molecule has 112 valence electrons. The van der Waals surface area contributed by atoms with Crippen LogP contribution < -0.4 is 5.32 Å². The largest absolute Gasteiger partial charge is 0.370 e. The molecule has 2 rings (SSSR count). The summed E-state index contributed by atoms with van der Waals surface area (Å²) < 4.78 is 27.2. The van der Waals surface area contributed by atoms with Gasteiger partial charge in [-0.2, -0.15) is 4.31 Å². The van der Waals surface area contributed by atoms with Gasteiger partial charge in [-0.1, -0.05) is 6.92 Å². The van der Waals surface area contributed by atoms with E-state index in [1.165, 1.54) is 6.20 Å². The predicted molar refractivity (Wildman–Crippen MR) is 80.2 cm³/mol. The highest BCUT2D eigenvalue weighted by Crippen LogP contribution is 2.32. The maximum atomic E-state index is 12.7. The van der Waals surface area contributed by atoms with Crippen LogP contribution >= 0.6 is 0 Å². The molecule has 0 radical (unpaired) electrons. The van der Waals surface area contributed by atoms with Crippen LogP contribution in [-0.2, 0) is 10.0 Å². The first kappa shape index (κ1) is 15.3. The molecule has 0 bridgehead atoms. The Morgan fingerprint density at radius 1 is 1.35 bits per heavy atom. The van der Waals surface area contributed by atoms with E-state index in [1.807, 2.05) is 20.8 Å². The molecule has 2 atom stereocenters. The lowest BCUT2D eigenvalue weighted by Gasteiger charge is -2.26. The smallest absolute Gasteiger partial charge is 0.245 e. The molecule has 0 aliphatic carbocycles. The predicted octanol–water partition coefficient (Wildman–Crippen LogP) is 2.47. The van der Waals surface area contributed by atoms with Crippen LogP contribution in [-0.4, -0.2) is 36.3 Å². The van der Waals surface area contributed by atoms with Gasteiger partial charge in [0.15, 0.2) is 0 Å². The van der Waals surface area contributed by atoms with Gasteiger partial charge < -0.3 is 5.32 Å². The van der Waals surface area contributed by atoms with Crippen molar-refractivity contribution in [3.8, 4) is 0 Å². The summed E-state index contributed by atoms with van der Waals surface area (Å²) >= 11 is 0. The van der Waals surface area contributed by atoms with Crippen molar-refractivity contribution < 1.29 is 8.42 Å². The number of rotatable bonds is 5. The quantitative estimate of drug-likeness (QED) is 0.907. The monoisotopic (exact) mass is 297 g/mol. The molecule has 1 aromatic rings. The van der Waals surface area contributed by atoms with Gasteiger partial charge in [-0.05, 0) is 45.2 Å². The summed E-state index contributed by atoms with van der Waals surface area (Å²) in [7, 11) is -3.44. The van der Waals surface area contributed by atoms with E-state index < -0.39 is 10.0 Å². The molecule has 0 spiro atoms. The van der Waals surface area contributed by atoms with Crippen molar-refractivity contribution in [2.45, 2.75) is 57.0 Å². The van der Waals surface area contributed by atoms with Crippen molar-refractivity contribution in [1.29, 1.82) is 0 Å². The van der Waals surface area contributed by atoms with E-state index in [0.29, 0.717) is 5.82 Å². The Kier molecular flexibility index (Phi) is 4.65. The van der Waals surface area contributed by atoms with E-state index in [2.05, 4.69) is 10.3 Å². The van der Waals surface area contributed by atoms with Gasteiger partial charge in [-0.15, -0.1) is 0 Å². The van der Waals surface area contributed by atoms with Crippen LogP contribution in [0.5, 0.6) is 0 Å². The number of hydrogen-bond acceptors (Lipinski definition) is 4. The lowest BCUT2D eigenvalue weighted by molar-refractivity contribution is 0.328. The third-order valence-corrected chi connectivity index (χ3v) is 5.90. The lowest BCUT2D eigenvalue weighted by atomic mass is 10.2. The molecular weight excluding hydrogens is 274 g/mol. The Morgan fingerprint density at radius 3 is 2.65 bits per heavy atom. The van der Waals surface area contributed by atoms with Gasteiger partial charge in [0.1, 0.15) is 10.7 Å². The summed E-state index contributed by atoms with van der Waals surface area (Å²) in [5, 5.41) is 3.06. The Balaban J connectivity index is 2.29. The Bertz CT molecular complexity index is 542. The maximum Gasteiger partial charge on any atom is 0.245 e. The first-order valence-electron chi connectivity index (χ1n) is 7.24. The fourth-order valence-corrected chi connectivity index (χ4v) is 4.70. The van der Waals surface area contributed by atoms with Crippen molar-refractivity contribution in [1.82, 2.24) is 9.29 Å². The van der Waals surface area contributed by atoms with Crippen molar-refractivity contribution in [3.63, 3.8) is 0 Å². The number of pyridine rings is 1. The number of nitrogens with one attached hydrogen (secondary N) is 1. The first-order chi connectivity index (χ1) is 9.50. The Morgan fingerprint density at radius 2 is 2.10 bits per heavy atom. The van der Waals surface area contributed by atoms with Gasteiger partial charge >= 0.3 is 0 Å². The highest BCUT2D eigenvalue weighted by Gasteiger charge is 2.39. The number of hydrogen-bond donors (Lipinski definition) is 1. The lowest BCUT2D eigenvalue weighted by Crippen LogP contribution is -2.39. The van der Waals surface area contributed by atoms with Crippen LogP contribution in [0.1, 0.15) is 40.0 Å². The second-order valence-electron chi connectivity index (χ2n) is 5.23. The molecule has 1 N–H and O–H groups in total. The third kappa shape index (κ3) is 2.81. The van der Waals surface area contributed by atoms with E-state index in [0.717, 1.165) is 25.8 Å². The van der Waals surface area contributed by atoms with Crippen LogP contribution in [0.15, 0.2) is 23.2 Å². The summed E-state index contributed by atoms with van der Waals surface area (Å²) in [6.45, 7) is 6.76. The number of aromatic nitrogens is 1. The first-order valence-corrected chi connectivity index (χ1v) is 8.68. The third-order valence-electron chi connectivity index (χ3n) is 3.85. The Hall–Kier alpha value is -1.14. The normalized spacial score (nSPS) is 23.9. The Labute approximate surface area is 121 Å². The minimum atomic E-state index is -3.44. The molecule has 2 heterocycles. The SMILES string of the molecule is CCNc1ccc(S(=O)(=O)N2C(C)CCC2CC)cn1. The molecule has 20 heavy (non-hydrogen) atoms. The standard InChI is InChI=1S/C14H23N3O2S/c1-4-12-7-6-11(3)17(12)20(18,19)13-8-9-14(15-5-2)16-10-13/h8-12H,4-7H2,1-3H3,(H,15,16). The summed E-state index contributed by atoms with van der Waals surface area (Å²) in [5.74, 6) is 0.702. The summed E-state index contributed by atoms with van der Waals surface area (Å²) in [6.07, 6.45) is 4.18. The molecular formula is C14H23N3O2S. The molecule has 5 nitrogen and oxygen atoms in total. The number of anilines is 1. The summed E-state index contributed by atoms with van der Waals surface area (Å²) in [4.78, 5) is 4.45. The molecule has 1 aliphatic rings. The van der Waals surface area contributed by atoms with Gasteiger partial charge in [-0.25, -0.2) is 13.4 Å². The highest BCUT2D eigenvalue weighted by atomic mass is 32.2. The maximum absolute atomic E-state index is 12.7. The molecule has 0 amide bonds. The van der Waals surface area contributed by atoms with Gasteiger partial charge in [0.25, 0.3) is 0 Å². The van der Waals surface area contributed by atoms with E-state index in [9.17, 15) is 8.42 Å². The van der Waals surface area contributed by atoms with E-state index in [4.69, 9.17) is 0 Å². The van der Waals surface area contributed by atoms with Gasteiger partial charge in [0, 0.05) is 24.8 Å². The summed E-state index contributed by atoms with van der Waals surface area (Å²) in [5.41, 5.74) is 0. The van der Waals surface area contributed by atoms with Crippen LogP contribution in [0.2, 0.25) is 0 Å². The van der Waals surface area contributed by atoms with Gasteiger partial charge in [-0.3, -0.25) is 0 Å². The van der Waals surface area contributed by atoms with Crippen molar-refractivity contribution in [2.24, 2.45) is 0 Å². The fourth-order valence-electron chi connectivity index (χ4n) is 2.81. The minimum absolute atomic E-state index is 0.0680. The van der Waals surface area contributed by atoms with Crippen molar-refractivity contribution in [3.05, 3.63) is 18.3 Å². The average Bonchev–Trinajstić information content (AvgIpc) is 2.81. The highest BCUT2D eigenvalue weighted by molar-refractivity contribution is 7.89. The molecule has 6 heteroatoms. The zero-order chi connectivity index (χ0) is 14.8. The second kappa shape index (κ2) is 6.10. The zero-order valence-corrected chi connectivity index (χ0v) is 13.2. The zero-order valence-electron chi connectivity index (χ0n) is 12.3. The van der Waals surface area contributed by atoms with Crippen LogP contribution in [0.25, 0.3) is 0 Å². The van der Waals surface area contributed by atoms with E-state index in [1.54, 1.807) is 16.4 Å². The van der Waals surface area contributed by atoms with E-state index in [-0.39, 0.29) is 17.0 Å². The molecule has 1 saturated heterocycles. The molecule has 0 aromatic carbocycles. The number of sulfonamides is 1. The van der Waals surface area contributed by atoms with Crippen molar-refractivity contribution in [2.75, 3.05) is 11.9 Å². The second-order valence-corrected chi connectivity index (χ2v) is 7.08. The van der Waals surface area contributed by atoms with E-state index >= 15 is 0 Å². The van der Waals surface area contributed by atoms with Crippen LogP contribution in [0.4, 0.5) is 5.82 Å². The molecule has 2 unspecified atom stereocenters. The van der Waals surface area contributed by atoms with Gasteiger partial charge in [0.2, 0.25) is 10.0 Å². The molecule has 1 fully saturated rings. The minimum Gasteiger partial charge on any atom is -0.370 e. The van der Waals surface area contributed by atoms with Crippen LogP contribution in [0.3, 0.4) is 0 Å². The molecule has 1 aliphatic heterocycles. The molecule has 0 saturated carbocycles. The number of nitrogens with zero attached hydrogens (tertiary/aromatic N) is 2. The van der Waals surface area contributed by atoms with Gasteiger partial charge in [0.05, 0.1) is 0 Å². The van der Waals surface area contributed by atoms with Crippen molar-refractivity contribution >= 4 is 15.8 Å². The average molecular weight is 297 g/mol. The fraction of sp³-hybridized carbons (Fsp3) is 0.643. The summed E-state index contributed by atoms with van der Waals surface area (Å²) in [6, 6.07) is 3.54. The topological polar surface area (TPSA) is 62.3 Å². The molecule has 1 aromatic heterocycles.